The lowest BCUT2D eigenvalue weighted by molar-refractivity contribution is 0.305. The summed E-state index contributed by atoms with van der Waals surface area (Å²) in [5, 5.41) is 0. The predicted molar refractivity (Wildman–Crippen MR) is 91.4 cm³/mol. The molecule has 3 aromatic carbocycles. The summed E-state index contributed by atoms with van der Waals surface area (Å²) in [4.78, 5) is 0. The van der Waals surface area contributed by atoms with Crippen LogP contribution in [0.15, 0.2) is 78.9 Å². The van der Waals surface area contributed by atoms with Gasteiger partial charge in [-0.3, -0.25) is 0 Å². The van der Waals surface area contributed by atoms with Gasteiger partial charge in [-0.05, 0) is 23.3 Å². The molecule has 0 saturated heterocycles. The Morgan fingerprint density at radius 1 is 0.773 bits per heavy atom. The third kappa shape index (κ3) is 3.86. The number of para-hydroxylation sites is 1. The summed E-state index contributed by atoms with van der Waals surface area (Å²) >= 11 is 0. The van der Waals surface area contributed by atoms with Gasteiger partial charge in [0.1, 0.15) is 12.4 Å². The van der Waals surface area contributed by atoms with Crippen molar-refractivity contribution in [3.8, 4) is 5.75 Å². The SMILES string of the molecule is [c]1ccccc1C=Cc1ccccc1OCc1ccccc1. The molecule has 1 nitrogen and oxygen atoms in total. The van der Waals surface area contributed by atoms with Crippen molar-refractivity contribution in [2.75, 3.05) is 0 Å². The molecule has 0 atom stereocenters. The fourth-order valence-corrected chi connectivity index (χ4v) is 2.18. The number of rotatable bonds is 5. The summed E-state index contributed by atoms with van der Waals surface area (Å²) in [7, 11) is 0. The molecule has 107 valence electrons. The van der Waals surface area contributed by atoms with Crippen molar-refractivity contribution in [2.24, 2.45) is 0 Å². The van der Waals surface area contributed by atoms with E-state index in [2.05, 4.69) is 30.3 Å². The van der Waals surface area contributed by atoms with Crippen molar-refractivity contribution >= 4 is 12.2 Å². The molecule has 3 rings (SSSR count). The van der Waals surface area contributed by atoms with Crippen molar-refractivity contribution in [3.05, 3.63) is 102 Å². The first kappa shape index (κ1) is 14.2. The van der Waals surface area contributed by atoms with Gasteiger partial charge in [-0.15, -0.1) is 0 Å². The smallest absolute Gasteiger partial charge is 0.127 e. The van der Waals surface area contributed by atoms with E-state index >= 15 is 0 Å². The molecule has 0 saturated carbocycles. The third-order valence-electron chi connectivity index (χ3n) is 3.33. The maximum Gasteiger partial charge on any atom is 0.127 e. The van der Waals surface area contributed by atoms with Crippen LogP contribution in [-0.4, -0.2) is 0 Å². The average Bonchev–Trinajstić information content (AvgIpc) is 2.61. The van der Waals surface area contributed by atoms with Crippen LogP contribution in [-0.2, 0) is 6.61 Å². The zero-order valence-corrected chi connectivity index (χ0v) is 12.3. The molecule has 0 aromatic heterocycles. The van der Waals surface area contributed by atoms with E-state index in [1.807, 2.05) is 66.7 Å². The molecule has 0 spiro atoms. The Kier molecular flexibility index (Phi) is 4.68. The lowest BCUT2D eigenvalue weighted by Gasteiger charge is -2.09. The molecule has 3 aromatic rings. The van der Waals surface area contributed by atoms with Crippen molar-refractivity contribution in [1.29, 1.82) is 0 Å². The summed E-state index contributed by atoms with van der Waals surface area (Å²) in [6.45, 7) is 0.573. The molecule has 22 heavy (non-hydrogen) atoms. The van der Waals surface area contributed by atoms with Crippen molar-refractivity contribution < 1.29 is 4.74 Å². The highest BCUT2D eigenvalue weighted by molar-refractivity contribution is 5.72. The standard InChI is InChI=1S/C21H17O/c1-3-9-18(10-4-1)15-16-20-13-7-8-14-21(20)22-17-19-11-5-2-6-12-19/h1-9,11-16H,17H2. The molecule has 0 aliphatic rings. The van der Waals surface area contributed by atoms with E-state index in [-0.39, 0.29) is 0 Å². The minimum absolute atomic E-state index is 0.573. The fourth-order valence-electron chi connectivity index (χ4n) is 2.18. The van der Waals surface area contributed by atoms with Crippen LogP contribution < -0.4 is 4.74 Å². The van der Waals surface area contributed by atoms with Crippen LogP contribution in [0.4, 0.5) is 0 Å². The second-order valence-corrected chi connectivity index (χ2v) is 4.96. The molecule has 1 radical (unpaired) electrons. The second kappa shape index (κ2) is 7.28. The minimum Gasteiger partial charge on any atom is -0.488 e. The quantitative estimate of drug-likeness (QED) is 0.583. The van der Waals surface area contributed by atoms with Crippen LogP contribution in [0.1, 0.15) is 16.7 Å². The fraction of sp³-hybridized carbons (Fsp3) is 0.0476. The van der Waals surface area contributed by atoms with Gasteiger partial charge >= 0.3 is 0 Å². The Labute approximate surface area is 131 Å². The highest BCUT2D eigenvalue weighted by atomic mass is 16.5. The van der Waals surface area contributed by atoms with E-state index in [0.717, 1.165) is 22.4 Å². The van der Waals surface area contributed by atoms with Gasteiger partial charge in [0.15, 0.2) is 0 Å². The van der Waals surface area contributed by atoms with Gasteiger partial charge < -0.3 is 4.74 Å². The number of hydrogen-bond donors (Lipinski definition) is 0. The number of benzene rings is 3. The van der Waals surface area contributed by atoms with E-state index in [4.69, 9.17) is 4.74 Å². The Bertz CT molecular complexity index is 730. The topological polar surface area (TPSA) is 9.23 Å². The lowest BCUT2D eigenvalue weighted by atomic mass is 10.1. The molecule has 0 fully saturated rings. The number of ether oxygens (including phenoxy) is 1. The van der Waals surface area contributed by atoms with E-state index in [0.29, 0.717) is 6.61 Å². The van der Waals surface area contributed by atoms with Crippen LogP contribution in [0.25, 0.3) is 12.2 Å². The van der Waals surface area contributed by atoms with Crippen LogP contribution >= 0.6 is 0 Å². The van der Waals surface area contributed by atoms with Gasteiger partial charge in [0.25, 0.3) is 0 Å². The zero-order valence-electron chi connectivity index (χ0n) is 12.3. The van der Waals surface area contributed by atoms with Crippen molar-refractivity contribution in [3.63, 3.8) is 0 Å². The van der Waals surface area contributed by atoms with Gasteiger partial charge in [0, 0.05) is 5.56 Å². The average molecular weight is 285 g/mol. The Morgan fingerprint density at radius 2 is 1.55 bits per heavy atom. The van der Waals surface area contributed by atoms with E-state index in [1.54, 1.807) is 0 Å². The largest absolute Gasteiger partial charge is 0.488 e. The van der Waals surface area contributed by atoms with Crippen LogP contribution in [0, 0.1) is 6.07 Å². The first-order chi connectivity index (χ1) is 10.9. The maximum absolute atomic E-state index is 5.95. The summed E-state index contributed by atoms with van der Waals surface area (Å²) in [6, 6.07) is 29.4. The molecule has 0 unspecified atom stereocenters. The molecule has 0 aliphatic heterocycles. The normalized spacial score (nSPS) is 10.7. The van der Waals surface area contributed by atoms with Crippen LogP contribution in [0.5, 0.6) is 5.75 Å². The summed E-state index contributed by atoms with van der Waals surface area (Å²) in [5.74, 6) is 0.888. The third-order valence-corrected chi connectivity index (χ3v) is 3.33. The van der Waals surface area contributed by atoms with E-state index < -0.39 is 0 Å². The second-order valence-electron chi connectivity index (χ2n) is 4.96. The van der Waals surface area contributed by atoms with Gasteiger partial charge in [-0.2, -0.15) is 0 Å². The highest BCUT2D eigenvalue weighted by Crippen LogP contribution is 2.21. The summed E-state index contributed by atoms with van der Waals surface area (Å²) < 4.78 is 5.95. The Morgan fingerprint density at radius 3 is 2.36 bits per heavy atom. The van der Waals surface area contributed by atoms with E-state index in [1.165, 1.54) is 0 Å². The van der Waals surface area contributed by atoms with Gasteiger partial charge in [-0.1, -0.05) is 84.9 Å². The first-order valence-electron chi connectivity index (χ1n) is 7.32. The number of hydrogen-bond acceptors (Lipinski definition) is 1. The van der Waals surface area contributed by atoms with Gasteiger partial charge in [-0.25, -0.2) is 0 Å². The molecular weight excluding hydrogens is 268 g/mol. The highest BCUT2D eigenvalue weighted by Gasteiger charge is 2.00. The van der Waals surface area contributed by atoms with Crippen molar-refractivity contribution in [2.45, 2.75) is 6.61 Å². The molecule has 0 aliphatic carbocycles. The molecule has 0 amide bonds. The zero-order chi connectivity index (χ0) is 15.0. The Balaban J connectivity index is 1.74. The van der Waals surface area contributed by atoms with Crippen molar-refractivity contribution in [1.82, 2.24) is 0 Å². The predicted octanol–water partition coefficient (Wildman–Crippen LogP) is 5.24. The molecular formula is C21H17O. The van der Waals surface area contributed by atoms with Crippen LogP contribution in [0.2, 0.25) is 0 Å². The maximum atomic E-state index is 5.95. The first-order valence-corrected chi connectivity index (χ1v) is 7.32. The van der Waals surface area contributed by atoms with E-state index in [9.17, 15) is 0 Å². The molecule has 0 N–H and O–H groups in total. The lowest BCUT2D eigenvalue weighted by Crippen LogP contribution is -1.96. The Hall–Kier alpha value is -2.80. The van der Waals surface area contributed by atoms with Gasteiger partial charge in [0.2, 0.25) is 0 Å². The molecule has 0 heterocycles. The van der Waals surface area contributed by atoms with Crippen LogP contribution in [0.3, 0.4) is 0 Å². The summed E-state index contributed by atoms with van der Waals surface area (Å²) in [6.07, 6.45) is 4.11. The minimum atomic E-state index is 0.573. The monoisotopic (exact) mass is 285 g/mol. The molecule has 1 heteroatoms. The molecule has 0 bridgehead atoms. The van der Waals surface area contributed by atoms with Gasteiger partial charge in [0.05, 0.1) is 0 Å². The summed E-state index contributed by atoms with van der Waals surface area (Å²) in [5.41, 5.74) is 3.29.